The van der Waals surface area contributed by atoms with E-state index in [1.807, 2.05) is 49.4 Å². The Hall–Kier alpha value is -3.85. The average molecular weight is 445 g/mol. The molecule has 0 saturated heterocycles. The summed E-state index contributed by atoms with van der Waals surface area (Å²) in [6, 6.07) is 31.4. The molecule has 0 spiro atoms. The van der Waals surface area contributed by atoms with Crippen molar-refractivity contribution in [3.8, 4) is 0 Å². The van der Waals surface area contributed by atoms with Crippen molar-refractivity contribution >= 4 is 22.4 Å². The molecule has 4 unspecified atom stereocenters. The van der Waals surface area contributed by atoms with Gasteiger partial charge in [0.05, 0.1) is 23.3 Å². The molecule has 4 aromatic carbocycles. The van der Waals surface area contributed by atoms with Gasteiger partial charge in [-0.3, -0.25) is 4.79 Å². The van der Waals surface area contributed by atoms with Crippen LogP contribution >= 0.6 is 0 Å². The molecule has 3 nitrogen and oxygen atoms in total. The summed E-state index contributed by atoms with van der Waals surface area (Å²) >= 11 is 0. The number of hydrogen-bond donors (Lipinski definition) is 2. The Morgan fingerprint density at radius 3 is 2.50 bits per heavy atom. The molecule has 0 fully saturated rings. The topological polar surface area (TPSA) is 41.1 Å². The fraction of sp³-hybridized carbons (Fsp3) is 0.194. The molecular weight excluding hydrogens is 416 g/mol. The number of benzene rings is 4. The Labute approximate surface area is 200 Å². The summed E-state index contributed by atoms with van der Waals surface area (Å²) in [4.78, 5) is 13.5. The van der Waals surface area contributed by atoms with Gasteiger partial charge in [-0.15, -0.1) is 0 Å². The maximum atomic E-state index is 13.5. The van der Waals surface area contributed by atoms with Crippen molar-refractivity contribution in [1.29, 1.82) is 0 Å². The lowest BCUT2D eigenvalue weighted by atomic mass is 9.75. The number of carbonyl (C=O) groups excluding carboxylic acids is 1. The monoisotopic (exact) mass is 444 g/mol. The minimum absolute atomic E-state index is 0.0437. The first-order valence-corrected chi connectivity index (χ1v) is 12.1. The molecule has 1 amide bonds. The zero-order valence-electron chi connectivity index (χ0n) is 19.2. The van der Waals surface area contributed by atoms with E-state index in [1.165, 1.54) is 21.9 Å². The molecule has 3 heteroatoms. The second kappa shape index (κ2) is 8.49. The number of rotatable bonds is 4. The zero-order chi connectivity index (χ0) is 23.1. The standard InChI is InChI=1S/C31H28N2O/c1-20(21-10-3-2-4-11-21)32-31(34)28-19-9-18-27-24-15-8-17-26(24)29(33-30(27)28)25-16-7-13-22-12-5-6-14-23(22)25/h2-16,18-20,24,26,29,33H,17H2,1H3,(H,32,34). The van der Waals surface area contributed by atoms with Gasteiger partial charge in [0.2, 0.25) is 0 Å². The van der Waals surface area contributed by atoms with E-state index in [1.54, 1.807) is 0 Å². The van der Waals surface area contributed by atoms with Crippen molar-refractivity contribution in [2.75, 3.05) is 5.32 Å². The normalized spacial score (nSPS) is 21.4. The van der Waals surface area contributed by atoms with Crippen LogP contribution in [0.5, 0.6) is 0 Å². The molecular formula is C31H28N2O. The quantitative estimate of drug-likeness (QED) is 0.328. The summed E-state index contributed by atoms with van der Waals surface area (Å²) in [6.45, 7) is 2.03. The maximum absolute atomic E-state index is 13.5. The molecule has 2 N–H and O–H groups in total. The van der Waals surface area contributed by atoms with E-state index in [0.29, 0.717) is 17.4 Å². The van der Waals surface area contributed by atoms with Gasteiger partial charge in [-0.05, 0) is 52.8 Å². The van der Waals surface area contributed by atoms with Crippen LogP contribution in [0.15, 0.2) is 103 Å². The van der Waals surface area contributed by atoms with Gasteiger partial charge in [0.15, 0.2) is 0 Å². The number of carbonyl (C=O) groups is 1. The smallest absolute Gasteiger partial charge is 0.253 e. The number of para-hydroxylation sites is 1. The van der Waals surface area contributed by atoms with Crippen LogP contribution in [-0.4, -0.2) is 5.91 Å². The third-order valence-corrected chi connectivity index (χ3v) is 7.45. The van der Waals surface area contributed by atoms with Crippen LogP contribution in [0.3, 0.4) is 0 Å². The lowest BCUT2D eigenvalue weighted by Gasteiger charge is -2.39. The van der Waals surface area contributed by atoms with Crippen molar-refractivity contribution in [3.63, 3.8) is 0 Å². The summed E-state index contributed by atoms with van der Waals surface area (Å²) in [5.41, 5.74) is 5.29. The van der Waals surface area contributed by atoms with E-state index < -0.39 is 0 Å². The Morgan fingerprint density at radius 1 is 0.882 bits per heavy atom. The number of nitrogens with one attached hydrogen (secondary N) is 2. The molecule has 0 bridgehead atoms. The van der Waals surface area contributed by atoms with Gasteiger partial charge in [0, 0.05) is 5.92 Å². The summed E-state index contributed by atoms with van der Waals surface area (Å²) in [5, 5.41) is 9.57. The van der Waals surface area contributed by atoms with E-state index in [2.05, 4.69) is 71.3 Å². The van der Waals surface area contributed by atoms with Gasteiger partial charge in [-0.2, -0.15) is 0 Å². The third kappa shape index (κ3) is 3.49. The Kier molecular flexibility index (Phi) is 5.18. The van der Waals surface area contributed by atoms with E-state index in [-0.39, 0.29) is 18.0 Å². The number of anilines is 1. The van der Waals surface area contributed by atoms with Gasteiger partial charge in [-0.25, -0.2) is 0 Å². The van der Waals surface area contributed by atoms with Gasteiger partial charge < -0.3 is 10.6 Å². The summed E-state index contributed by atoms with van der Waals surface area (Å²) < 4.78 is 0. The summed E-state index contributed by atoms with van der Waals surface area (Å²) in [7, 11) is 0. The maximum Gasteiger partial charge on any atom is 0.253 e. The van der Waals surface area contributed by atoms with Crippen LogP contribution in [-0.2, 0) is 0 Å². The molecule has 4 aromatic rings. The van der Waals surface area contributed by atoms with Crippen LogP contribution in [0.2, 0.25) is 0 Å². The number of amides is 1. The highest BCUT2D eigenvalue weighted by Gasteiger charge is 2.39. The van der Waals surface area contributed by atoms with Crippen LogP contribution < -0.4 is 10.6 Å². The summed E-state index contributed by atoms with van der Waals surface area (Å²) in [5.74, 6) is 0.692. The molecule has 0 aromatic heterocycles. The first kappa shape index (κ1) is 20.7. The lowest BCUT2D eigenvalue weighted by Crippen LogP contribution is -2.33. The summed E-state index contributed by atoms with van der Waals surface area (Å²) in [6.07, 6.45) is 5.66. The Bertz CT molecular complexity index is 1390. The predicted molar refractivity (Wildman–Crippen MR) is 139 cm³/mol. The molecule has 168 valence electrons. The Balaban J connectivity index is 1.39. The highest BCUT2D eigenvalue weighted by molar-refractivity contribution is 6.01. The molecule has 2 aliphatic rings. The van der Waals surface area contributed by atoms with Crippen molar-refractivity contribution in [3.05, 3.63) is 125 Å². The van der Waals surface area contributed by atoms with Gasteiger partial charge >= 0.3 is 0 Å². The number of allylic oxidation sites excluding steroid dienone is 2. The van der Waals surface area contributed by atoms with Crippen molar-refractivity contribution in [1.82, 2.24) is 5.32 Å². The van der Waals surface area contributed by atoms with Crippen molar-refractivity contribution in [2.24, 2.45) is 5.92 Å². The second-order valence-electron chi connectivity index (χ2n) is 9.42. The average Bonchev–Trinajstić information content (AvgIpc) is 3.38. The molecule has 1 heterocycles. The lowest BCUT2D eigenvalue weighted by molar-refractivity contribution is 0.0940. The minimum Gasteiger partial charge on any atom is -0.377 e. The van der Waals surface area contributed by atoms with Crippen molar-refractivity contribution in [2.45, 2.75) is 31.3 Å². The van der Waals surface area contributed by atoms with E-state index >= 15 is 0 Å². The first-order valence-electron chi connectivity index (χ1n) is 12.1. The zero-order valence-corrected chi connectivity index (χ0v) is 19.2. The van der Waals surface area contributed by atoms with Crippen LogP contribution in [0.1, 0.15) is 58.4 Å². The highest BCUT2D eigenvalue weighted by atomic mass is 16.1. The van der Waals surface area contributed by atoms with Crippen LogP contribution in [0.4, 0.5) is 5.69 Å². The SMILES string of the molecule is CC(NC(=O)c1cccc2c1NC(c1cccc3ccccc13)C1CC=CC21)c1ccccc1. The minimum atomic E-state index is -0.0684. The third-order valence-electron chi connectivity index (χ3n) is 7.45. The largest absolute Gasteiger partial charge is 0.377 e. The van der Waals surface area contributed by atoms with Crippen molar-refractivity contribution < 1.29 is 4.79 Å². The van der Waals surface area contributed by atoms with Crippen LogP contribution in [0.25, 0.3) is 10.8 Å². The first-order chi connectivity index (χ1) is 16.7. The van der Waals surface area contributed by atoms with Gasteiger partial charge in [-0.1, -0.05) is 97.1 Å². The van der Waals surface area contributed by atoms with Crippen LogP contribution in [0, 0.1) is 5.92 Å². The fourth-order valence-corrected chi connectivity index (χ4v) is 5.74. The number of hydrogen-bond acceptors (Lipinski definition) is 2. The highest BCUT2D eigenvalue weighted by Crippen LogP contribution is 2.51. The van der Waals surface area contributed by atoms with E-state index in [9.17, 15) is 4.79 Å². The van der Waals surface area contributed by atoms with E-state index in [0.717, 1.165) is 17.7 Å². The molecule has 0 radical (unpaired) electrons. The van der Waals surface area contributed by atoms with Gasteiger partial charge in [0.1, 0.15) is 0 Å². The molecule has 4 atom stereocenters. The molecule has 1 aliphatic heterocycles. The fourth-order valence-electron chi connectivity index (χ4n) is 5.74. The molecule has 0 saturated carbocycles. The predicted octanol–water partition coefficient (Wildman–Crippen LogP) is 7.16. The van der Waals surface area contributed by atoms with E-state index in [4.69, 9.17) is 0 Å². The van der Waals surface area contributed by atoms with Gasteiger partial charge in [0.25, 0.3) is 5.91 Å². The molecule has 1 aliphatic carbocycles. The second-order valence-corrected chi connectivity index (χ2v) is 9.42. The Morgan fingerprint density at radius 2 is 1.62 bits per heavy atom. The number of fused-ring (bicyclic) bond motifs is 4. The molecule has 6 rings (SSSR count). The molecule has 34 heavy (non-hydrogen) atoms.